The number of anilines is 1. The van der Waals surface area contributed by atoms with Gasteiger partial charge in [0.05, 0.1) is 5.69 Å². The van der Waals surface area contributed by atoms with E-state index in [0.717, 1.165) is 11.1 Å². The first kappa shape index (κ1) is 11.5. The standard InChI is InChI=1S/C13H15N3O/c1-8-3-4-15-11(6-8)12(17)10-5-9(2)7-16-13(10)14/h3-7,12,17H,1-2H3,(H2,14,16). The van der Waals surface area contributed by atoms with Crippen LogP contribution in [0.25, 0.3) is 0 Å². The molecule has 0 aliphatic heterocycles. The highest BCUT2D eigenvalue weighted by molar-refractivity contribution is 5.45. The Labute approximate surface area is 100 Å². The number of aliphatic hydroxyl groups excluding tert-OH is 1. The van der Waals surface area contributed by atoms with E-state index in [1.54, 1.807) is 12.4 Å². The van der Waals surface area contributed by atoms with Gasteiger partial charge in [-0.2, -0.15) is 0 Å². The van der Waals surface area contributed by atoms with E-state index in [-0.39, 0.29) is 0 Å². The summed E-state index contributed by atoms with van der Waals surface area (Å²) in [5.74, 6) is 0.339. The highest BCUT2D eigenvalue weighted by Crippen LogP contribution is 2.25. The Hall–Kier alpha value is -1.94. The highest BCUT2D eigenvalue weighted by atomic mass is 16.3. The van der Waals surface area contributed by atoms with Crippen LogP contribution < -0.4 is 5.73 Å². The van der Waals surface area contributed by atoms with Gasteiger partial charge in [-0.15, -0.1) is 0 Å². The Morgan fingerprint density at radius 3 is 2.65 bits per heavy atom. The zero-order valence-electron chi connectivity index (χ0n) is 9.88. The fourth-order valence-electron chi connectivity index (χ4n) is 1.69. The Morgan fingerprint density at radius 2 is 1.94 bits per heavy atom. The molecule has 2 aromatic heterocycles. The van der Waals surface area contributed by atoms with Crippen molar-refractivity contribution in [2.75, 3.05) is 5.73 Å². The van der Waals surface area contributed by atoms with Gasteiger partial charge in [-0.25, -0.2) is 4.98 Å². The van der Waals surface area contributed by atoms with Gasteiger partial charge in [0.2, 0.25) is 0 Å². The summed E-state index contributed by atoms with van der Waals surface area (Å²) >= 11 is 0. The molecule has 0 saturated carbocycles. The van der Waals surface area contributed by atoms with Gasteiger partial charge < -0.3 is 10.8 Å². The lowest BCUT2D eigenvalue weighted by atomic mass is 10.0. The molecule has 4 nitrogen and oxygen atoms in total. The number of nitrogens with zero attached hydrogens (tertiary/aromatic N) is 2. The highest BCUT2D eigenvalue weighted by Gasteiger charge is 2.15. The predicted molar refractivity (Wildman–Crippen MR) is 66.4 cm³/mol. The predicted octanol–water partition coefficient (Wildman–Crippen LogP) is 1.76. The van der Waals surface area contributed by atoms with Gasteiger partial charge in [-0.3, -0.25) is 4.98 Å². The zero-order valence-corrected chi connectivity index (χ0v) is 9.88. The van der Waals surface area contributed by atoms with E-state index >= 15 is 0 Å². The minimum atomic E-state index is -0.831. The van der Waals surface area contributed by atoms with Gasteiger partial charge in [-0.1, -0.05) is 0 Å². The Balaban J connectivity index is 2.43. The Kier molecular flexibility index (Phi) is 3.06. The maximum absolute atomic E-state index is 10.2. The molecule has 0 aliphatic rings. The number of rotatable bonds is 2. The van der Waals surface area contributed by atoms with Gasteiger partial charge >= 0.3 is 0 Å². The molecule has 2 heterocycles. The minimum absolute atomic E-state index is 0.339. The molecule has 0 aliphatic carbocycles. The molecular weight excluding hydrogens is 214 g/mol. The summed E-state index contributed by atoms with van der Waals surface area (Å²) < 4.78 is 0. The number of nitrogens with two attached hydrogens (primary N) is 1. The maximum atomic E-state index is 10.2. The first-order valence-corrected chi connectivity index (χ1v) is 5.40. The fraction of sp³-hybridized carbons (Fsp3) is 0.231. The van der Waals surface area contributed by atoms with E-state index in [1.165, 1.54) is 0 Å². The number of nitrogen functional groups attached to an aromatic ring is 1. The molecule has 0 radical (unpaired) electrons. The van der Waals surface area contributed by atoms with Crippen molar-refractivity contribution < 1.29 is 5.11 Å². The quantitative estimate of drug-likeness (QED) is 0.823. The molecule has 3 N–H and O–H groups in total. The topological polar surface area (TPSA) is 72.0 Å². The van der Waals surface area contributed by atoms with Crippen molar-refractivity contribution in [3.63, 3.8) is 0 Å². The van der Waals surface area contributed by atoms with Crippen LogP contribution in [0, 0.1) is 13.8 Å². The van der Waals surface area contributed by atoms with Gasteiger partial charge in [0, 0.05) is 18.0 Å². The monoisotopic (exact) mass is 229 g/mol. The molecule has 2 rings (SSSR count). The van der Waals surface area contributed by atoms with Crippen LogP contribution in [-0.2, 0) is 0 Å². The third-order valence-corrected chi connectivity index (χ3v) is 2.60. The van der Waals surface area contributed by atoms with E-state index in [0.29, 0.717) is 17.1 Å². The van der Waals surface area contributed by atoms with E-state index in [1.807, 2.05) is 32.0 Å². The number of aryl methyl sites for hydroxylation is 2. The van der Waals surface area contributed by atoms with Gasteiger partial charge in [0.15, 0.2) is 0 Å². The first-order valence-electron chi connectivity index (χ1n) is 5.40. The lowest BCUT2D eigenvalue weighted by molar-refractivity contribution is 0.215. The van der Waals surface area contributed by atoms with Crippen LogP contribution in [0.3, 0.4) is 0 Å². The summed E-state index contributed by atoms with van der Waals surface area (Å²) in [6, 6.07) is 5.55. The number of hydrogen-bond acceptors (Lipinski definition) is 4. The summed E-state index contributed by atoms with van der Waals surface area (Å²) in [5, 5.41) is 10.2. The van der Waals surface area contributed by atoms with Crippen LogP contribution >= 0.6 is 0 Å². The summed E-state index contributed by atoms with van der Waals surface area (Å²) in [4.78, 5) is 8.19. The molecule has 2 aromatic rings. The largest absolute Gasteiger partial charge is 0.383 e. The summed E-state index contributed by atoms with van der Waals surface area (Å²) in [7, 11) is 0. The molecule has 4 heteroatoms. The normalized spacial score (nSPS) is 12.4. The van der Waals surface area contributed by atoms with Crippen molar-refractivity contribution in [3.8, 4) is 0 Å². The van der Waals surface area contributed by atoms with Gasteiger partial charge in [0.25, 0.3) is 0 Å². The van der Waals surface area contributed by atoms with Crippen LogP contribution in [0.4, 0.5) is 5.82 Å². The van der Waals surface area contributed by atoms with Crippen LogP contribution in [0.15, 0.2) is 30.6 Å². The minimum Gasteiger partial charge on any atom is -0.383 e. The Bertz CT molecular complexity index is 540. The SMILES string of the molecule is Cc1ccnc(C(O)c2cc(C)cnc2N)c1. The van der Waals surface area contributed by atoms with Crippen LogP contribution in [0.5, 0.6) is 0 Å². The lowest BCUT2D eigenvalue weighted by Gasteiger charge is -2.13. The van der Waals surface area contributed by atoms with E-state index < -0.39 is 6.10 Å². The molecule has 1 unspecified atom stereocenters. The van der Waals surface area contributed by atoms with Gasteiger partial charge in [-0.05, 0) is 43.2 Å². The van der Waals surface area contributed by atoms with Crippen LogP contribution in [0.1, 0.15) is 28.5 Å². The molecule has 0 bridgehead atoms. The Morgan fingerprint density at radius 1 is 1.18 bits per heavy atom. The molecule has 0 spiro atoms. The lowest BCUT2D eigenvalue weighted by Crippen LogP contribution is -2.07. The van der Waals surface area contributed by atoms with Crippen molar-refractivity contribution in [3.05, 3.63) is 53.0 Å². The molecule has 1 atom stereocenters. The third kappa shape index (κ3) is 2.42. The molecule has 0 amide bonds. The zero-order chi connectivity index (χ0) is 12.4. The van der Waals surface area contributed by atoms with E-state index in [4.69, 9.17) is 5.73 Å². The smallest absolute Gasteiger partial charge is 0.129 e. The molecule has 0 aromatic carbocycles. The van der Waals surface area contributed by atoms with Crippen LogP contribution in [-0.4, -0.2) is 15.1 Å². The first-order chi connectivity index (χ1) is 8.08. The fourth-order valence-corrected chi connectivity index (χ4v) is 1.69. The second kappa shape index (κ2) is 4.51. The summed E-state index contributed by atoms with van der Waals surface area (Å²) in [6.07, 6.45) is 2.52. The molecule has 88 valence electrons. The average molecular weight is 229 g/mol. The van der Waals surface area contributed by atoms with Crippen molar-refractivity contribution in [1.82, 2.24) is 9.97 Å². The van der Waals surface area contributed by atoms with Crippen LogP contribution in [0.2, 0.25) is 0 Å². The summed E-state index contributed by atoms with van der Waals surface area (Å²) in [6.45, 7) is 3.86. The number of aliphatic hydroxyl groups is 1. The third-order valence-electron chi connectivity index (χ3n) is 2.60. The van der Waals surface area contributed by atoms with Crippen molar-refractivity contribution in [2.45, 2.75) is 20.0 Å². The van der Waals surface area contributed by atoms with Crippen molar-refractivity contribution in [2.24, 2.45) is 0 Å². The summed E-state index contributed by atoms with van der Waals surface area (Å²) in [5.41, 5.74) is 8.96. The average Bonchev–Trinajstić information content (AvgIpc) is 2.31. The van der Waals surface area contributed by atoms with Crippen molar-refractivity contribution in [1.29, 1.82) is 0 Å². The second-order valence-corrected chi connectivity index (χ2v) is 4.15. The molecular formula is C13H15N3O. The van der Waals surface area contributed by atoms with E-state index in [2.05, 4.69) is 9.97 Å². The molecule has 17 heavy (non-hydrogen) atoms. The molecule has 0 fully saturated rings. The maximum Gasteiger partial charge on any atom is 0.129 e. The number of hydrogen-bond donors (Lipinski definition) is 2. The number of aromatic nitrogens is 2. The van der Waals surface area contributed by atoms with Crippen molar-refractivity contribution >= 4 is 5.82 Å². The van der Waals surface area contributed by atoms with Gasteiger partial charge in [0.1, 0.15) is 11.9 Å². The van der Waals surface area contributed by atoms with E-state index in [9.17, 15) is 5.11 Å². The second-order valence-electron chi connectivity index (χ2n) is 4.15. The number of pyridine rings is 2. The molecule has 0 saturated heterocycles.